The minimum absolute atomic E-state index is 0.0294. The van der Waals surface area contributed by atoms with E-state index in [0.717, 1.165) is 19.5 Å². The summed E-state index contributed by atoms with van der Waals surface area (Å²) in [5.74, 6) is 0.468. The first-order valence-corrected chi connectivity index (χ1v) is 10.5. The van der Waals surface area contributed by atoms with Gasteiger partial charge in [-0.25, -0.2) is 0 Å². The molecular formula is C21H34F3N5O2. The summed E-state index contributed by atoms with van der Waals surface area (Å²) in [5.41, 5.74) is 0.125. The van der Waals surface area contributed by atoms with E-state index < -0.39 is 11.7 Å². The van der Waals surface area contributed by atoms with Crippen LogP contribution in [0.5, 0.6) is 0 Å². The van der Waals surface area contributed by atoms with Gasteiger partial charge in [0.25, 0.3) is 0 Å². The number of nitrogens with one attached hydrogen (secondary N) is 2. The summed E-state index contributed by atoms with van der Waals surface area (Å²) in [6.07, 6.45) is -3.48. The van der Waals surface area contributed by atoms with E-state index in [-0.39, 0.29) is 12.1 Å². The van der Waals surface area contributed by atoms with Crippen molar-refractivity contribution in [2.24, 2.45) is 4.99 Å². The molecule has 10 heteroatoms. The number of likely N-dealkylation sites (N-methyl/N-ethyl adjacent to an activating group) is 1. The molecule has 1 heterocycles. The summed E-state index contributed by atoms with van der Waals surface area (Å²) in [5, 5.41) is 6.13. The Kier molecular flexibility index (Phi) is 10.4. The fourth-order valence-corrected chi connectivity index (χ4v) is 3.36. The van der Waals surface area contributed by atoms with Crippen LogP contribution in [0.4, 0.5) is 18.9 Å². The van der Waals surface area contributed by atoms with Gasteiger partial charge in [-0.1, -0.05) is 6.07 Å². The summed E-state index contributed by atoms with van der Waals surface area (Å²) < 4.78 is 51.4. The quantitative estimate of drug-likeness (QED) is 0.327. The SMILES string of the molecule is CN=C(NCCN(C)CCCOC)NCc1ccc(N2CCOCC2)cc1C(F)(F)F. The number of nitrogens with zero attached hydrogens (tertiary/aromatic N) is 3. The van der Waals surface area contributed by atoms with Gasteiger partial charge in [0.1, 0.15) is 0 Å². The van der Waals surface area contributed by atoms with Gasteiger partial charge >= 0.3 is 6.18 Å². The topological polar surface area (TPSA) is 61.4 Å². The van der Waals surface area contributed by atoms with E-state index in [4.69, 9.17) is 9.47 Å². The Labute approximate surface area is 182 Å². The second-order valence-electron chi connectivity index (χ2n) is 7.44. The Hall–Kier alpha value is -2.04. The number of halogens is 3. The van der Waals surface area contributed by atoms with Crippen molar-refractivity contribution in [1.29, 1.82) is 0 Å². The van der Waals surface area contributed by atoms with Crippen molar-refractivity contribution in [3.05, 3.63) is 29.3 Å². The number of aliphatic imine (C=N–C) groups is 1. The van der Waals surface area contributed by atoms with E-state index in [1.165, 1.54) is 12.1 Å². The summed E-state index contributed by atoms with van der Waals surface area (Å²) in [6.45, 7) is 5.29. The van der Waals surface area contributed by atoms with Gasteiger partial charge in [-0.15, -0.1) is 0 Å². The van der Waals surface area contributed by atoms with E-state index in [1.54, 1.807) is 20.2 Å². The Morgan fingerprint density at radius 3 is 2.61 bits per heavy atom. The van der Waals surface area contributed by atoms with E-state index in [9.17, 15) is 13.2 Å². The predicted molar refractivity (Wildman–Crippen MR) is 117 cm³/mol. The van der Waals surface area contributed by atoms with E-state index in [1.807, 2.05) is 11.9 Å². The van der Waals surface area contributed by atoms with Crippen LogP contribution in [-0.4, -0.2) is 84.6 Å². The van der Waals surface area contributed by atoms with Crippen LogP contribution in [-0.2, 0) is 22.2 Å². The van der Waals surface area contributed by atoms with Crippen molar-refractivity contribution in [1.82, 2.24) is 15.5 Å². The van der Waals surface area contributed by atoms with Gasteiger partial charge in [0.2, 0.25) is 0 Å². The standard InChI is InChI=1S/C21H34F3N5O2/c1-25-20(26-7-9-28(2)8-4-12-30-3)27-16-17-5-6-18(15-19(17)21(22,23)24)29-10-13-31-14-11-29/h5-6,15H,4,7-14,16H2,1-3H3,(H2,25,26,27). The summed E-state index contributed by atoms with van der Waals surface area (Å²) in [7, 11) is 5.29. The van der Waals surface area contributed by atoms with E-state index in [2.05, 4.69) is 20.5 Å². The van der Waals surface area contributed by atoms with Crippen molar-refractivity contribution in [2.45, 2.75) is 19.1 Å². The van der Waals surface area contributed by atoms with Gasteiger partial charge in [0, 0.05) is 65.7 Å². The van der Waals surface area contributed by atoms with E-state index in [0.29, 0.717) is 51.1 Å². The fraction of sp³-hybridized carbons (Fsp3) is 0.667. The van der Waals surface area contributed by atoms with Crippen molar-refractivity contribution in [3.63, 3.8) is 0 Å². The van der Waals surface area contributed by atoms with Crippen molar-refractivity contribution in [3.8, 4) is 0 Å². The zero-order valence-electron chi connectivity index (χ0n) is 18.6. The Bertz CT molecular complexity index is 694. The number of guanidine groups is 1. The monoisotopic (exact) mass is 445 g/mol. The molecule has 0 aliphatic carbocycles. The molecule has 0 radical (unpaired) electrons. The molecule has 1 aromatic rings. The molecule has 31 heavy (non-hydrogen) atoms. The number of benzene rings is 1. The molecule has 0 aromatic heterocycles. The average Bonchev–Trinajstić information content (AvgIpc) is 2.76. The summed E-state index contributed by atoms with van der Waals surface area (Å²) in [4.78, 5) is 8.19. The van der Waals surface area contributed by atoms with Crippen LogP contribution < -0.4 is 15.5 Å². The van der Waals surface area contributed by atoms with Gasteiger partial charge in [-0.05, 0) is 31.2 Å². The van der Waals surface area contributed by atoms with Crippen molar-refractivity contribution < 1.29 is 22.6 Å². The highest BCUT2D eigenvalue weighted by Gasteiger charge is 2.34. The lowest BCUT2D eigenvalue weighted by Gasteiger charge is -2.29. The molecule has 1 aliphatic heterocycles. The van der Waals surface area contributed by atoms with Gasteiger partial charge in [-0.2, -0.15) is 13.2 Å². The molecular weight excluding hydrogens is 411 g/mol. The molecule has 7 nitrogen and oxygen atoms in total. The molecule has 0 saturated carbocycles. The molecule has 1 aromatic carbocycles. The number of alkyl halides is 3. The molecule has 0 bridgehead atoms. The highest BCUT2D eigenvalue weighted by Crippen LogP contribution is 2.35. The lowest BCUT2D eigenvalue weighted by molar-refractivity contribution is -0.138. The third-order valence-electron chi connectivity index (χ3n) is 5.12. The maximum atomic E-state index is 13.7. The lowest BCUT2D eigenvalue weighted by Crippen LogP contribution is -2.41. The van der Waals surface area contributed by atoms with Crippen LogP contribution in [0.25, 0.3) is 0 Å². The van der Waals surface area contributed by atoms with Crippen LogP contribution in [0.2, 0.25) is 0 Å². The second kappa shape index (κ2) is 12.7. The lowest BCUT2D eigenvalue weighted by atomic mass is 10.0. The molecule has 0 spiro atoms. The molecule has 176 valence electrons. The first-order valence-electron chi connectivity index (χ1n) is 10.5. The smallest absolute Gasteiger partial charge is 0.385 e. The zero-order valence-corrected chi connectivity index (χ0v) is 18.6. The minimum Gasteiger partial charge on any atom is -0.385 e. The van der Waals surface area contributed by atoms with Crippen LogP contribution in [0.3, 0.4) is 0 Å². The normalized spacial score (nSPS) is 15.5. The Morgan fingerprint density at radius 1 is 1.23 bits per heavy atom. The van der Waals surface area contributed by atoms with Crippen molar-refractivity contribution in [2.75, 3.05) is 78.6 Å². The van der Waals surface area contributed by atoms with Gasteiger partial charge in [0.15, 0.2) is 5.96 Å². The third-order valence-corrected chi connectivity index (χ3v) is 5.12. The maximum Gasteiger partial charge on any atom is 0.416 e. The van der Waals surface area contributed by atoms with Crippen LogP contribution in [0.1, 0.15) is 17.5 Å². The maximum absolute atomic E-state index is 13.7. The van der Waals surface area contributed by atoms with Gasteiger partial charge in [0.05, 0.1) is 18.8 Å². The first-order chi connectivity index (χ1) is 14.8. The third kappa shape index (κ3) is 8.54. The van der Waals surface area contributed by atoms with Crippen molar-refractivity contribution >= 4 is 11.6 Å². The highest BCUT2D eigenvalue weighted by atomic mass is 19.4. The summed E-state index contributed by atoms with van der Waals surface area (Å²) >= 11 is 0. The predicted octanol–water partition coefficient (Wildman–Crippen LogP) is 2.18. The van der Waals surface area contributed by atoms with Crippen LogP contribution >= 0.6 is 0 Å². The van der Waals surface area contributed by atoms with Gasteiger partial charge in [-0.3, -0.25) is 4.99 Å². The molecule has 0 unspecified atom stereocenters. The number of hydrogen-bond acceptors (Lipinski definition) is 5. The average molecular weight is 446 g/mol. The van der Waals surface area contributed by atoms with Gasteiger partial charge < -0.3 is 29.9 Å². The number of anilines is 1. The number of methoxy groups -OCH3 is 1. The largest absolute Gasteiger partial charge is 0.416 e. The molecule has 0 amide bonds. The Balaban J connectivity index is 1.93. The molecule has 0 atom stereocenters. The fourth-order valence-electron chi connectivity index (χ4n) is 3.36. The zero-order chi connectivity index (χ0) is 22.7. The summed E-state index contributed by atoms with van der Waals surface area (Å²) in [6, 6.07) is 4.51. The molecule has 2 rings (SSSR count). The highest BCUT2D eigenvalue weighted by molar-refractivity contribution is 5.79. The van der Waals surface area contributed by atoms with E-state index >= 15 is 0 Å². The molecule has 1 fully saturated rings. The number of ether oxygens (including phenoxy) is 2. The number of rotatable bonds is 10. The number of morpholine rings is 1. The second-order valence-corrected chi connectivity index (χ2v) is 7.44. The minimum atomic E-state index is -4.43. The van der Waals surface area contributed by atoms with Crippen LogP contribution in [0.15, 0.2) is 23.2 Å². The Morgan fingerprint density at radius 2 is 1.97 bits per heavy atom. The van der Waals surface area contributed by atoms with Crippen LogP contribution in [0, 0.1) is 0 Å². The molecule has 1 aliphatic rings. The molecule has 2 N–H and O–H groups in total. The number of hydrogen-bond donors (Lipinski definition) is 2. The molecule has 1 saturated heterocycles. The first kappa shape index (κ1) is 25.2.